The molecule has 0 aliphatic heterocycles. The monoisotopic (exact) mass is 429 g/mol. The van der Waals surface area contributed by atoms with Crippen molar-refractivity contribution in [3.63, 3.8) is 0 Å². The number of hydrogen-bond acceptors (Lipinski definition) is 6. The smallest absolute Gasteiger partial charge is 0.328 e. The third-order valence-electron chi connectivity index (χ3n) is 4.02. The maximum atomic E-state index is 13.0. The van der Waals surface area contributed by atoms with Crippen molar-refractivity contribution < 1.29 is 27.8 Å². The lowest BCUT2D eigenvalue weighted by atomic mass is 10.2. The number of aromatic nitrogens is 2. The summed E-state index contributed by atoms with van der Waals surface area (Å²) < 4.78 is 40.5. The van der Waals surface area contributed by atoms with Crippen molar-refractivity contribution in [2.24, 2.45) is 0 Å². The zero-order valence-corrected chi connectivity index (χ0v) is 17.0. The number of anilines is 1. The molecule has 2 aromatic carbocycles. The third kappa shape index (κ3) is 4.61. The summed E-state index contributed by atoms with van der Waals surface area (Å²) in [6.45, 7) is 0. The first kappa shape index (κ1) is 20.9. The molecule has 1 aromatic heterocycles. The molecule has 9 nitrogen and oxygen atoms in total. The highest BCUT2D eigenvalue weighted by Crippen LogP contribution is 2.36. The molecule has 0 bridgehead atoms. The number of aliphatic carboxylic acids is 1. The molecule has 0 unspecified atom stereocenters. The van der Waals surface area contributed by atoms with E-state index in [2.05, 4.69) is 9.82 Å². The highest BCUT2D eigenvalue weighted by Gasteiger charge is 2.24. The van der Waals surface area contributed by atoms with E-state index in [-0.39, 0.29) is 22.2 Å². The van der Waals surface area contributed by atoms with Gasteiger partial charge in [0.1, 0.15) is 4.90 Å². The minimum absolute atomic E-state index is 0.0139. The number of nitrogens with zero attached hydrogens (tertiary/aromatic N) is 2. The van der Waals surface area contributed by atoms with E-state index in [1.54, 1.807) is 6.20 Å². The average molecular weight is 429 g/mol. The maximum absolute atomic E-state index is 13.0. The molecule has 156 valence electrons. The summed E-state index contributed by atoms with van der Waals surface area (Å²) in [5.74, 6) is -0.940. The van der Waals surface area contributed by atoms with Gasteiger partial charge in [-0.05, 0) is 35.9 Å². The molecule has 2 N–H and O–H groups in total. The van der Waals surface area contributed by atoms with Gasteiger partial charge < -0.3 is 14.6 Å². The van der Waals surface area contributed by atoms with Gasteiger partial charge in [-0.15, -0.1) is 5.10 Å². The number of hydrogen-bond donors (Lipinski definition) is 2. The Morgan fingerprint density at radius 3 is 2.50 bits per heavy atom. The minimum atomic E-state index is -4.13. The van der Waals surface area contributed by atoms with Crippen LogP contribution in [0.5, 0.6) is 11.5 Å². The summed E-state index contributed by atoms with van der Waals surface area (Å²) in [5.41, 5.74) is 1.08. The van der Waals surface area contributed by atoms with Crippen LogP contribution in [0.1, 0.15) is 5.56 Å². The second-order valence-corrected chi connectivity index (χ2v) is 7.66. The van der Waals surface area contributed by atoms with Crippen LogP contribution in [0.25, 0.3) is 11.8 Å². The number of carbonyl (C=O) groups is 1. The normalized spacial score (nSPS) is 11.4. The molecule has 1 heterocycles. The fraction of sp³-hybridized carbons (Fsp3) is 0.100. The fourth-order valence-corrected chi connectivity index (χ4v) is 3.92. The molecule has 0 saturated heterocycles. The van der Waals surface area contributed by atoms with Crippen LogP contribution in [0.3, 0.4) is 0 Å². The number of sulfonamides is 1. The van der Waals surface area contributed by atoms with Gasteiger partial charge in [0.05, 0.1) is 19.9 Å². The van der Waals surface area contributed by atoms with E-state index in [1.807, 2.05) is 30.3 Å². The van der Waals surface area contributed by atoms with E-state index in [9.17, 15) is 13.2 Å². The van der Waals surface area contributed by atoms with Gasteiger partial charge in [0.25, 0.3) is 10.0 Å². The van der Waals surface area contributed by atoms with Gasteiger partial charge in [0.2, 0.25) is 0 Å². The van der Waals surface area contributed by atoms with Gasteiger partial charge in [-0.1, -0.05) is 18.2 Å². The van der Waals surface area contributed by atoms with E-state index in [0.29, 0.717) is 5.56 Å². The van der Waals surface area contributed by atoms with Crippen LogP contribution in [0.15, 0.2) is 65.7 Å². The van der Waals surface area contributed by atoms with E-state index in [1.165, 1.54) is 43.2 Å². The molecule has 3 aromatic rings. The molecule has 0 amide bonds. The molecular formula is C20H19N3O6S. The molecule has 0 atom stereocenters. The topological polar surface area (TPSA) is 120 Å². The second-order valence-electron chi connectivity index (χ2n) is 6.01. The maximum Gasteiger partial charge on any atom is 0.328 e. The molecule has 0 saturated carbocycles. The highest BCUT2D eigenvalue weighted by atomic mass is 32.2. The summed E-state index contributed by atoms with van der Waals surface area (Å²) in [7, 11) is -1.46. The molecule has 0 fully saturated rings. The van der Waals surface area contributed by atoms with Gasteiger partial charge in [-0.2, -0.15) is 0 Å². The van der Waals surface area contributed by atoms with Crippen LogP contribution in [-0.4, -0.2) is 43.5 Å². The molecule has 3 rings (SSSR count). The average Bonchev–Trinajstić information content (AvgIpc) is 3.19. The van der Waals surface area contributed by atoms with Gasteiger partial charge in [0.15, 0.2) is 17.3 Å². The lowest BCUT2D eigenvalue weighted by Crippen LogP contribution is -2.15. The standard InChI is InChI=1S/C20H19N3O6S/c1-28-16-12-14(8-9-19(24)25)13-17(20(16)29-2)30(26,27)22-18-10-11-23(21-18)15-6-4-3-5-7-15/h3-13H,1-2H3,(H,21,22)(H,24,25)/b9-8+. The molecule has 0 aliphatic rings. The Morgan fingerprint density at radius 1 is 1.13 bits per heavy atom. The largest absolute Gasteiger partial charge is 0.493 e. The molecule has 0 aliphatic carbocycles. The van der Waals surface area contributed by atoms with Crippen molar-refractivity contribution in [3.05, 3.63) is 66.4 Å². The Morgan fingerprint density at radius 2 is 1.87 bits per heavy atom. The van der Waals surface area contributed by atoms with Crippen molar-refractivity contribution in [1.82, 2.24) is 9.78 Å². The van der Waals surface area contributed by atoms with Crippen molar-refractivity contribution >= 4 is 27.9 Å². The Balaban J connectivity index is 1.99. The molecule has 10 heteroatoms. The molecule has 0 spiro atoms. The zero-order valence-electron chi connectivity index (χ0n) is 16.1. The van der Waals surface area contributed by atoms with Gasteiger partial charge in [0, 0.05) is 18.3 Å². The van der Waals surface area contributed by atoms with E-state index < -0.39 is 16.0 Å². The number of para-hydroxylation sites is 1. The second kappa shape index (κ2) is 8.70. The number of rotatable bonds is 8. The zero-order chi connectivity index (χ0) is 21.7. The first-order chi connectivity index (χ1) is 14.3. The van der Waals surface area contributed by atoms with Crippen LogP contribution >= 0.6 is 0 Å². The van der Waals surface area contributed by atoms with Crippen LogP contribution < -0.4 is 14.2 Å². The number of benzene rings is 2. The lowest BCUT2D eigenvalue weighted by Gasteiger charge is -2.14. The third-order valence-corrected chi connectivity index (χ3v) is 5.38. The Bertz CT molecular complexity index is 1190. The van der Waals surface area contributed by atoms with Gasteiger partial charge in [-0.3, -0.25) is 4.72 Å². The first-order valence-electron chi connectivity index (χ1n) is 8.65. The van der Waals surface area contributed by atoms with Crippen LogP contribution in [0.2, 0.25) is 0 Å². The summed E-state index contributed by atoms with van der Waals surface area (Å²) in [5, 5.41) is 13.1. The molecule has 0 radical (unpaired) electrons. The van der Waals surface area contributed by atoms with Crippen molar-refractivity contribution in [3.8, 4) is 17.2 Å². The summed E-state index contributed by atoms with van der Waals surface area (Å²) >= 11 is 0. The summed E-state index contributed by atoms with van der Waals surface area (Å²) in [4.78, 5) is 10.6. The number of carboxylic acids is 1. The lowest BCUT2D eigenvalue weighted by molar-refractivity contribution is -0.131. The van der Waals surface area contributed by atoms with Crippen molar-refractivity contribution in [2.45, 2.75) is 4.90 Å². The van der Waals surface area contributed by atoms with Crippen LogP contribution in [0.4, 0.5) is 5.82 Å². The van der Waals surface area contributed by atoms with Gasteiger partial charge in [-0.25, -0.2) is 17.9 Å². The van der Waals surface area contributed by atoms with Crippen LogP contribution in [0, 0.1) is 0 Å². The van der Waals surface area contributed by atoms with Crippen LogP contribution in [-0.2, 0) is 14.8 Å². The number of nitrogens with one attached hydrogen (secondary N) is 1. The predicted molar refractivity (Wildman–Crippen MR) is 111 cm³/mol. The molecule has 30 heavy (non-hydrogen) atoms. The summed E-state index contributed by atoms with van der Waals surface area (Å²) in [6, 6.07) is 13.5. The Kier molecular flexibility index (Phi) is 6.07. The number of carboxylic acid groups (broad SMARTS) is 1. The van der Waals surface area contributed by atoms with Crippen molar-refractivity contribution in [2.75, 3.05) is 18.9 Å². The Labute approximate surface area is 173 Å². The van der Waals surface area contributed by atoms with E-state index in [0.717, 1.165) is 11.8 Å². The highest BCUT2D eigenvalue weighted by molar-refractivity contribution is 7.92. The van der Waals surface area contributed by atoms with Crippen molar-refractivity contribution in [1.29, 1.82) is 0 Å². The van der Waals surface area contributed by atoms with E-state index in [4.69, 9.17) is 14.6 Å². The van der Waals surface area contributed by atoms with E-state index >= 15 is 0 Å². The van der Waals surface area contributed by atoms with Gasteiger partial charge >= 0.3 is 5.97 Å². The number of ether oxygens (including phenoxy) is 2. The molecular weight excluding hydrogens is 410 g/mol. The first-order valence-corrected chi connectivity index (χ1v) is 10.1. The predicted octanol–water partition coefficient (Wildman–Crippen LogP) is 2.79. The SMILES string of the molecule is COc1cc(/C=C/C(=O)O)cc(S(=O)(=O)Nc2ccn(-c3ccccc3)n2)c1OC. The summed E-state index contributed by atoms with van der Waals surface area (Å²) in [6.07, 6.45) is 3.77. The fourth-order valence-electron chi connectivity index (χ4n) is 2.71. The minimum Gasteiger partial charge on any atom is -0.493 e. The Hall–Kier alpha value is -3.79. The number of methoxy groups -OCH3 is 2. The quantitative estimate of drug-likeness (QED) is 0.528.